The molecule has 0 saturated heterocycles. The lowest BCUT2D eigenvalue weighted by atomic mass is 9.85. The largest absolute Gasteiger partial charge is 0.468 e. The van der Waals surface area contributed by atoms with Crippen molar-refractivity contribution in [2.45, 2.75) is 40.5 Å². The van der Waals surface area contributed by atoms with Gasteiger partial charge in [0.05, 0.1) is 40.2 Å². The molecule has 1 aliphatic heterocycles. The van der Waals surface area contributed by atoms with Crippen molar-refractivity contribution < 1.29 is 14.0 Å². The molecule has 0 radical (unpaired) electrons. The van der Waals surface area contributed by atoms with E-state index in [1.54, 1.807) is 19.1 Å². The molecule has 2 amide bonds. The lowest BCUT2D eigenvalue weighted by Crippen LogP contribution is -2.31. The number of hydrogen-bond acceptors (Lipinski definition) is 6. The van der Waals surface area contributed by atoms with E-state index in [-0.39, 0.29) is 17.6 Å². The van der Waals surface area contributed by atoms with Crippen molar-refractivity contribution in [2.24, 2.45) is 0 Å². The third-order valence-corrected chi connectivity index (χ3v) is 7.59. The predicted molar refractivity (Wildman–Crippen MR) is 151 cm³/mol. The minimum Gasteiger partial charge on any atom is -0.468 e. The van der Waals surface area contributed by atoms with Crippen LogP contribution in [-0.4, -0.2) is 17.6 Å². The van der Waals surface area contributed by atoms with Gasteiger partial charge in [-0.15, -0.1) is 0 Å². The van der Waals surface area contributed by atoms with Crippen LogP contribution < -0.4 is 16.0 Å². The highest BCUT2D eigenvalue weighted by atomic mass is 32.2. The molecule has 0 bridgehead atoms. The minimum atomic E-state index is -0.717. The van der Waals surface area contributed by atoms with Crippen LogP contribution in [0.25, 0.3) is 0 Å². The average molecular weight is 527 g/mol. The van der Waals surface area contributed by atoms with Crippen LogP contribution in [0.15, 0.2) is 81.1 Å². The molecule has 8 heteroatoms. The average Bonchev–Trinajstić information content (AvgIpc) is 3.41. The summed E-state index contributed by atoms with van der Waals surface area (Å²) in [6, 6.07) is 17.3. The van der Waals surface area contributed by atoms with Gasteiger partial charge in [-0.3, -0.25) is 9.59 Å². The molecule has 7 nitrogen and oxygen atoms in total. The molecule has 0 spiro atoms. The number of carbonyl (C=O) groups is 2. The van der Waals surface area contributed by atoms with Gasteiger partial charge in [-0.2, -0.15) is 5.26 Å². The Morgan fingerprint density at radius 2 is 1.71 bits per heavy atom. The van der Waals surface area contributed by atoms with Crippen LogP contribution >= 0.6 is 11.8 Å². The maximum atomic E-state index is 13.6. The third-order valence-electron chi connectivity index (χ3n) is 6.58. The lowest BCUT2D eigenvalue weighted by Gasteiger charge is -2.28. The van der Waals surface area contributed by atoms with Crippen LogP contribution in [0.4, 0.5) is 11.4 Å². The zero-order chi connectivity index (χ0) is 27.4. The Labute approximate surface area is 227 Å². The molecule has 3 N–H and O–H groups in total. The summed E-state index contributed by atoms with van der Waals surface area (Å²) < 4.78 is 5.69. The molecule has 38 heavy (non-hydrogen) atoms. The molecule has 4 rings (SSSR count). The van der Waals surface area contributed by atoms with Gasteiger partial charge < -0.3 is 20.4 Å². The molecule has 0 fully saturated rings. The second kappa shape index (κ2) is 11.4. The molecular weight excluding hydrogens is 496 g/mol. The number of nitriles is 1. The normalized spacial score (nSPS) is 15.1. The van der Waals surface area contributed by atoms with Crippen LogP contribution in [0.1, 0.15) is 40.9 Å². The van der Waals surface area contributed by atoms with Crippen LogP contribution in [-0.2, 0) is 9.59 Å². The van der Waals surface area contributed by atoms with Crippen molar-refractivity contribution >= 4 is 35.0 Å². The van der Waals surface area contributed by atoms with Crippen molar-refractivity contribution in [1.82, 2.24) is 5.32 Å². The standard InChI is InChI=1S/C30H30N4O3S/c1-17-11-12-22(14-20(17)4)33-25(35)16-38-30-23(15-31)27(24-10-7-13-37-24)26(21(5)32-30)29(36)34-28-18(2)8-6-9-19(28)3/h6-14,27,32H,16H2,1-5H3,(H,33,35)(H,34,36). The summed E-state index contributed by atoms with van der Waals surface area (Å²) in [6.45, 7) is 9.67. The number of thioether (sulfide) groups is 1. The summed E-state index contributed by atoms with van der Waals surface area (Å²) in [5.74, 6) is -0.669. The van der Waals surface area contributed by atoms with Gasteiger partial charge in [0.15, 0.2) is 0 Å². The maximum absolute atomic E-state index is 13.6. The van der Waals surface area contributed by atoms with Gasteiger partial charge in [0.1, 0.15) is 5.76 Å². The van der Waals surface area contributed by atoms with Crippen LogP contribution in [0, 0.1) is 39.0 Å². The number of amides is 2. The molecule has 0 aliphatic carbocycles. The summed E-state index contributed by atoms with van der Waals surface area (Å²) >= 11 is 1.22. The monoisotopic (exact) mass is 526 g/mol. The number of carbonyl (C=O) groups excluding carboxylic acids is 2. The highest BCUT2D eigenvalue weighted by molar-refractivity contribution is 8.03. The summed E-state index contributed by atoms with van der Waals surface area (Å²) in [6.07, 6.45) is 1.52. The summed E-state index contributed by atoms with van der Waals surface area (Å²) in [7, 11) is 0. The van der Waals surface area contributed by atoms with E-state index in [1.165, 1.54) is 18.0 Å². The van der Waals surface area contributed by atoms with Gasteiger partial charge in [-0.1, -0.05) is 36.0 Å². The van der Waals surface area contributed by atoms with Gasteiger partial charge in [0.25, 0.3) is 5.91 Å². The minimum absolute atomic E-state index is 0.0858. The zero-order valence-corrected chi connectivity index (χ0v) is 22.9. The first-order valence-corrected chi connectivity index (χ1v) is 13.2. The Morgan fingerprint density at radius 1 is 0.974 bits per heavy atom. The fourth-order valence-corrected chi connectivity index (χ4v) is 5.31. The molecule has 1 unspecified atom stereocenters. The molecule has 0 saturated carbocycles. The Balaban J connectivity index is 1.59. The first-order valence-electron chi connectivity index (χ1n) is 12.2. The van der Waals surface area contributed by atoms with Crippen molar-refractivity contribution in [3.63, 3.8) is 0 Å². The van der Waals surface area contributed by atoms with E-state index >= 15 is 0 Å². The number of aryl methyl sites for hydroxylation is 4. The number of para-hydroxylation sites is 1. The number of nitrogens with zero attached hydrogens (tertiary/aromatic N) is 1. The SMILES string of the molecule is CC1=C(C(=O)Nc2c(C)cccc2C)C(c2ccco2)C(C#N)=C(SCC(=O)Nc2ccc(C)c(C)c2)N1. The molecule has 1 aliphatic rings. The number of furan rings is 1. The highest BCUT2D eigenvalue weighted by Gasteiger charge is 2.36. The number of benzene rings is 2. The topological polar surface area (TPSA) is 107 Å². The predicted octanol–water partition coefficient (Wildman–Crippen LogP) is 6.22. The number of rotatable bonds is 7. The highest BCUT2D eigenvalue weighted by Crippen LogP contribution is 2.41. The number of nitrogens with one attached hydrogen (secondary N) is 3. The Morgan fingerprint density at radius 3 is 2.34 bits per heavy atom. The van der Waals surface area contributed by atoms with Gasteiger partial charge >= 0.3 is 0 Å². The second-order valence-corrected chi connectivity index (χ2v) is 10.3. The smallest absolute Gasteiger partial charge is 0.254 e. The summed E-state index contributed by atoms with van der Waals surface area (Å²) in [4.78, 5) is 26.3. The molecule has 2 heterocycles. The van der Waals surface area contributed by atoms with Gasteiger partial charge in [-0.25, -0.2) is 0 Å². The van der Waals surface area contributed by atoms with Gasteiger partial charge in [0.2, 0.25) is 5.91 Å². The second-order valence-electron chi connectivity index (χ2n) is 9.32. The zero-order valence-electron chi connectivity index (χ0n) is 22.1. The molecule has 1 atom stereocenters. The van der Waals surface area contributed by atoms with E-state index in [9.17, 15) is 14.9 Å². The maximum Gasteiger partial charge on any atom is 0.254 e. The van der Waals surface area contributed by atoms with Crippen LogP contribution in [0.2, 0.25) is 0 Å². The molecule has 194 valence electrons. The molecular formula is C30H30N4O3S. The van der Waals surface area contributed by atoms with Gasteiger partial charge in [0, 0.05) is 17.1 Å². The van der Waals surface area contributed by atoms with Crippen molar-refractivity contribution in [1.29, 1.82) is 5.26 Å². The number of hydrogen-bond donors (Lipinski definition) is 3. The van der Waals surface area contributed by atoms with Crippen LogP contribution in [0.5, 0.6) is 0 Å². The van der Waals surface area contributed by atoms with Crippen LogP contribution in [0.3, 0.4) is 0 Å². The number of allylic oxidation sites excluding steroid dienone is 2. The van der Waals surface area contributed by atoms with E-state index < -0.39 is 5.92 Å². The first-order chi connectivity index (χ1) is 18.2. The molecule has 3 aromatic rings. The van der Waals surface area contributed by atoms with E-state index in [1.807, 2.05) is 64.1 Å². The lowest BCUT2D eigenvalue weighted by molar-refractivity contribution is -0.114. The quantitative estimate of drug-likeness (QED) is 0.337. The fourth-order valence-electron chi connectivity index (χ4n) is 4.41. The number of anilines is 2. The van der Waals surface area contributed by atoms with Crippen molar-refractivity contribution in [3.05, 3.63) is 105 Å². The summed E-state index contributed by atoms with van der Waals surface area (Å²) in [5, 5.41) is 19.9. The van der Waals surface area contributed by atoms with Crippen molar-refractivity contribution in [3.8, 4) is 6.07 Å². The fraction of sp³-hybridized carbons (Fsp3) is 0.233. The molecule has 1 aromatic heterocycles. The van der Waals surface area contributed by atoms with E-state index in [0.29, 0.717) is 27.6 Å². The van der Waals surface area contributed by atoms with E-state index in [2.05, 4.69) is 22.0 Å². The Hall–Kier alpha value is -4.22. The van der Waals surface area contributed by atoms with Crippen molar-refractivity contribution in [2.75, 3.05) is 16.4 Å². The molecule has 2 aromatic carbocycles. The van der Waals surface area contributed by atoms with E-state index in [0.717, 1.165) is 33.6 Å². The first kappa shape index (κ1) is 26.8. The summed E-state index contributed by atoms with van der Waals surface area (Å²) in [5.41, 5.74) is 6.88. The van der Waals surface area contributed by atoms with E-state index in [4.69, 9.17) is 4.42 Å². The third kappa shape index (κ3) is 5.68. The Bertz CT molecular complexity index is 1480. The Kier molecular flexibility index (Phi) is 8.08. The number of dihydropyridines is 1. The van der Waals surface area contributed by atoms with Gasteiger partial charge in [-0.05, 0) is 81.1 Å².